The molecular formula is C94H52N6. The zero-order chi connectivity index (χ0) is 65.4. The van der Waals surface area contributed by atoms with E-state index in [0.717, 1.165) is 87.2 Å². The maximum absolute atomic E-state index is 13.5. The minimum Gasteiger partial charge on any atom is -0.306 e. The predicted octanol–water partition coefficient (Wildman–Crippen LogP) is 22.5. The molecular weight excluding hydrogens is 1210 g/mol. The molecule has 0 fully saturated rings. The van der Waals surface area contributed by atoms with Gasteiger partial charge in [-0.15, -0.1) is 0 Å². The van der Waals surface area contributed by atoms with Gasteiger partial charge in [-0.2, -0.15) is 10.5 Å². The number of para-hydroxylation sites is 6. The molecule has 0 unspecified atom stereocenters. The lowest BCUT2D eigenvalue weighted by Crippen LogP contribution is -2.26. The summed E-state index contributed by atoms with van der Waals surface area (Å²) in [5.41, 5.74) is 28.6. The van der Waals surface area contributed by atoms with E-state index in [2.05, 4.69) is 346 Å². The van der Waals surface area contributed by atoms with Crippen LogP contribution in [0.4, 0.5) is 0 Å². The second kappa shape index (κ2) is 19.2. The van der Waals surface area contributed by atoms with E-state index in [-0.39, 0.29) is 0 Å². The molecule has 4 aromatic heterocycles. The summed E-state index contributed by atoms with van der Waals surface area (Å²) in [6.07, 6.45) is 0. The molecule has 0 aliphatic heterocycles. The number of fused-ring (bicyclic) bond motifs is 34. The van der Waals surface area contributed by atoms with Crippen LogP contribution < -0.4 is 0 Å². The lowest BCUT2D eigenvalue weighted by atomic mass is 9.69. The van der Waals surface area contributed by atoms with Crippen molar-refractivity contribution in [3.63, 3.8) is 0 Å². The zero-order valence-electron chi connectivity index (χ0n) is 53.7. The number of nitriles is 2. The van der Waals surface area contributed by atoms with E-state index < -0.39 is 10.8 Å². The Hall–Kier alpha value is -13.5. The van der Waals surface area contributed by atoms with Crippen LogP contribution in [0.3, 0.4) is 0 Å². The predicted molar refractivity (Wildman–Crippen MR) is 406 cm³/mol. The van der Waals surface area contributed by atoms with Crippen LogP contribution >= 0.6 is 0 Å². The maximum Gasteiger partial charge on any atom is 0.104 e. The first-order valence-corrected chi connectivity index (χ1v) is 34.4. The van der Waals surface area contributed by atoms with Gasteiger partial charge in [-0.1, -0.05) is 267 Å². The van der Waals surface area contributed by atoms with E-state index in [1.165, 1.54) is 89.0 Å². The van der Waals surface area contributed by atoms with Crippen molar-refractivity contribution in [1.29, 1.82) is 10.5 Å². The van der Waals surface area contributed by atoms with Crippen molar-refractivity contribution in [1.82, 2.24) is 18.3 Å². The third-order valence-corrected chi connectivity index (χ3v) is 23.2. The molecule has 19 aromatic rings. The minimum absolute atomic E-state index is 0.407. The molecule has 0 radical (unpaired) electrons. The molecule has 0 bridgehead atoms. The summed E-state index contributed by atoms with van der Waals surface area (Å²) in [6, 6.07) is 121. The van der Waals surface area contributed by atoms with Crippen LogP contribution in [-0.4, -0.2) is 18.3 Å². The minimum atomic E-state index is -0.712. The van der Waals surface area contributed by atoms with Gasteiger partial charge in [0.15, 0.2) is 0 Å². The van der Waals surface area contributed by atoms with Crippen molar-refractivity contribution in [3.8, 4) is 79.4 Å². The van der Waals surface area contributed by atoms with E-state index in [4.69, 9.17) is 0 Å². The Kier molecular flexibility index (Phi) is 10.3. The Morgan fingerprint density at radius 1 is 0.200 bits per heavy atom. The molecule has 458 valence electrons. The SMILES string of the molecule is N#Cc1c(-n2c3ccccc3c3ccccc32)c(-n2c3ccccc3c3c4c(ccc32)-c2ccccc2C42c3ccccc3-c3ccccc32)c(C#N)c(-n2c3ccccc3c3ccccc32)c1-n1c2ccccc2c2c3c(ccc21)-c1ccccc1C31c2ccccc2-c2ccccc21. The van der Waals surface area contributed by atoms with E-state index in [9.17, 15) is 10.5 Å². The van der Waals surface area contributed by atoms with Gasteiger partial charge in [0.1, 0.15) is 23.3 Å². The van der Waals surface area contributed by atoms with Crippen LogP contribution in [0.1, 0.15) is 55.6 Å². The molecule has 0 atom stereocenters. The van der Waals surface area contributed by atoms with Gasteiger partial charge >= 0.3 is 0 Å². The van der Waals surface area contributed by atoms with Crippen LogP contribution in [-0.2, 0) is 10.8 Å². The largest absolute Gasteiger partial charge is 0.306 e. The highest BCUT2D eigenvalue weighted by atomic mass is 15.1. The Balaban J connectivity index is 0.957. The molecule has 4 aliphatic carbocycles. The molecule has 2 spiro atoms. The first kappa shape index (κ1) is 53.7. The number of rotatable bonds is 4. The summed E-state index contributed by atoms with van der Waals surface area (Å²) >= 11 is 0. The first-order valence-electron chi connectivity index (χ1n) is 34.4. The van der Waals surface area contributed by atoms with Crippen molar-refractivity contribution < 1.29 is 0 Å². The molecule has 4 aliphatic rings. The number of nitrogens with zero attached hydrogens (tertiary/aromatic N) is 6. The third-order valence-electron chi connectivity index (χ3n) is 23.2. The van der Waals surface area contributed by atoms with Crippen molar-refractivity contribution in [2.45, 2.75) is 10.8 Å². The molecule has 0 amide bonds. The molecule has 6 heteroatoms. The van der Waals surface area contributed by atoms with Crippen LogP contribution in [0, 0.1) is 22.7 Å². The van der Waals surface area contributed by atoms with Gasteiger partial charge < -0.3 is 18.3 Å². The normalized spacial score (nSPS) is 13.7. The van der Waals surface area contributed by atoms with E-state index in [1.807, 2.05) is 0 Å². The molecule has 0 N–H and O–H groups in total. The number of hydrogen-bond donors (Lipinski definition) is 0. The summed E-state index contributed by atoms with van der Waals surface area (Å²) in [4.78, 5) is 0. The van der Waals surface area contributed by atoms with Gasteiger partial charge in [0, 0.05) is 43.1 Å². The van der Waals surface area contributed by atoms with Crippen molar-refractivity contribution in [3.05, 3.63) is 371 Å². The second-order valence-corrected chi connectivity index (χ2v) is 27.4. The summed E-state index contributed by atoms with van der Waals surface area (Å²) < 4.78 is 9.39. The lowest BCUT2D eigenvalue weighted by Gasteiger charge is -2.31. The monoisotopic (exact) mass is 1260 g/mol. The van der Waals surface area contributed by atoms with E-state index >= 15 is 0 Å². The van der Waals surface area contributed by atoms with Crippen molar-refractivity contribution in [2.75, 3.05) is 0 Å². The van der Waals surface area contributed by atoms with Gasteiger partial charge in [-0.25, -0.2) is 0 Å². The molecule has 4 heterocycles. The third kappa shape index (κ3) is 6.19. The summed E-state index contributed by atoms with van der Waals surface area (Å²) in [7, 11) is 0. The average Bonchev–Trinajstić information content (AvgIpc) is 1.49. The fourth-order valence-corrected chi connectivity index (χ4v) is 19.9. The fraction of sp³-hybridized carbons (Fsp3) is 0.0213. The van der Waals surface area contributed by atoms with Crippen LogP contribution in [0.5, 0.6) is 0 Å². The lowest BCUT2D eigenvalue weighted by molar-refractivity contribution is 0.801. The van der Waals surface area contributed by atoms with Crippen molar-refractivity contribution >= 4 is 87.2 Å². The average molecular weight is 1270 g/mol. The quantitative estimate of drug-likeness (QED) is 0.176. The highest BCUT2D eigenvalue weighted by Gasteiger charge is 2.55. The Labute approximate surface area is 573 Å². The smallest absolute Gasteiger partial charge is 0.104 e. The molecule has 23 rings (SSSR count). The highest BCUT2D eigenvalue weighted by Crippen LogP contribution is 2.67. The second-order valence-electron chi connectivity index (χ2n) is 27.4. The summed E-state index contributed by atoms with van der Waals surface area (Å²) in [6.45, 7) is 0. The summed E-state index contributed by atoms with van der Waals surface area (Å²) in [5.74, 6) is 0. The summed E-state index contributed by atoms with van der Waals surface area (Å²) in [5, 5.41) is 35.4. The number of benzene rings is 15. The molecule has 6 nitrogen and oxygen atoms in total. The van der Waals surface area contributed by atoms with Crippen LogP contribution in [0.2, 0.25) is 0 Å². The highest BCUT2D eigenvalue weighted by molar-refractivity contribution is 6.21. The van der Waals surface area contributed by atoms with Gasteiger partial charge in [-0.05, 0) is 138 Å². The van der Waals surface area contributed by atoms with Gasteiger partial charge in [0.05, 0.1) is 77.7 Å². The van der Waals surface area contributed by atoms with E-state index in [1.54, 1.807) is 0 Å². The van der Waals surface area contributed by atoms with Crippen LogP contribution in [0.25, 0.3) is 154 Å². The van der Waals surface area contributed by atoms with Gasteiger partial charge in [0.2, 0.25) is 0 Å². The number of aromatic nitrogens is 4. The standard InChI is InChI=1S/C94H52N6/c95-53-69-90(98-79-45-21-9-33-63(79)64-34-10-22-46-80(64)98)92(100-82-48-24-12-36-68(82)86-84(100)52-50-66-60-30-6-18-42-76(60)94(88(66)86)73-39-15-3-27-57(73)58-28-4-16-40-74(58)94)70(54-96)89(97-77-43-19-7-31-61(77)62-32-8-20-44-78(62)97)91(69)99-81-47-23-11-35-67(81)85-83(99)51-49-65-59-29-5-17-41-75(59)93(87(65)85)71-37-13-1-25-55(71)56-26-2-14-38-72(56)93/h1-52H. The molecule has 0 saturated heterocycles. The first-order chi connectivity index (χ1) is 49.6. The Morgan fingerprint density at radius 2 is 0.410 bits per heavy atom. The number of hydrogen-bond acceptors (Lipinski definition) is 2. The van der Waals surface area contributed by atoms with Crippen molar-refractivity contribution in [2.24, 2.45) is 0 Å². The molecule has 100 heavy (non-hydrogen) atoms. The Bertz CT molecular complexity index is 6430. The molecule has 15 aromatic carbocycles. The topological polar surface area (TPSA) is 67.3 Å². The maximum atomic E-state index is 13.5. The van der Waals surface area contributed by atoms with Gasteiger partial charge in [-0.3, -0.25) is 0 Å². The van der Waals surface area contributed by atoms with E-state index in [0.29, 0.717) is 33.9 Å². The Morgan fingerprint density at radius 3 is 0.680 bits per heavy atom. The van der Waals surface area contributed by atoms with Gasteiger partial charge in [0.25, 0.3) is 0 Å². The fourth-order valence-electron chi connectivity index (χ4n) is 19.9. The van der Waals surface area contributed by atoms with Crippen LogP contribution in [0.15, 0.2) is 315 Å². The zero-order valence-corrected chi connectivity index (χ0v) is 53.7. The molecule has 0 saturated carbocycles.